The molecule has 2 rings (SSSR count). The maximum absolute atomic E-state index is 5.40. The van der Waals surface area contributed by atoms with E-state index in [-0.39, 0.29) is 0 Å². The van der Waals surface area contributed by atoms with E-state index in [1.807, 2.05) is 18.2 Å². The highest BCUT2D eigenvalue weighted by Crippen LogP contribution is 2.29. The molecule has 0 spiro atoms. The molecule has 4 nitrogen and oxygen atoms in total. The van der Waals surface area contributed by atoms with Crippen LogP contribution in [0, 0.1) is 0 Å². The number of hydrogen-bond acceptors (Lipinski definition) is 5. The molecule has 1 heterocycles. The van der Waals surface area contributed by atoms with E-state index in [2.05, 4.69) is 16.8 Å². The van der Waals surface area contributed by atoms with Gasteiger partial charge >= 0.3 is 0 Å². The predicted octanol–water partition coefficient (Wildman–Crippen LogP) is 2.38. The Morgan fingerprint density at radius 3 is 2.68 bits per heavy atom. The summed E-state index contributed by atoms with van der Waals surface area (Å²) in [5.41, 5.74) is 1.16. The van der Waals surface area contributed by atoms with Crippen LogP contribution in [0.2, 0.25) is 0 Å². The van der Waals surface area contributed by atoms with E-state index in [1.54, 1.807) is 26.0 Å². The van der Waals surface area contributed by atoms with Gasteiger partial charge in [-0.2, -0.15) is 0 Å². The van der Waals surface area contributed by atoms with Crippen LogP contribution in [0.15, 0.2) is 18.2 Å². The van der Waals surface area contributed by atoms with E-state index < -0.39 is 0 Å². The minimum atomic E-state index is 0.749. The molecule has 19 heavy (non-hydrogen) atoms. The molecule has 1 aromatic rings. The van der Waals surface area contributed by atoms with Gasteiger partial charge in [-0.1, -0.05) is 30.0 Å². The fraction of sp³-hybridized carbons (Fsp3) is 0.462. The van der Waals surface area contributed by atoms with Crippen LogP contribution in [0.5, 0.6) is 11.5 Å². The van der Waals surface area contributed by atoms with Gasteiger partial charge in [0.1, 0.15) is 4.32 Å². The molecular weight excluding hydrogens is 280 g/mol. The average Bonchev–Trinajstić information content (AvgIpc) is 2.42. The van der Waals surface area contributed by atoms with Crippen LogP contribution >= 0.6 is 24.0 Å². The minimum Gasteiger partial charge on any atom is -0.493 e. The third-order valence-corrected chi connectivity index (χ3v) is 4.59. The number of hydrogen-bond donors (Lipinski definition) is 0. The Morgan fingerprint density at radius 1 is 1.26 bits per heavy atom. The summed E-state index contributed by atoms with van der Waals surface area (Å²) in [7, 11) is 5.38. The van der Waals surface area contributed by atoms with Crippen molar-refractivity contribution < 1.29 is 9.47 Å². The van der Waals surface area contributed by atoms with Crippen LogP contribution in [0.1, 0.15) is 5.56 Å². The lowest BCUT2D eigenvalue weighted by Crippen LogP contribution is -2.42. The molecular formula is C13H18N2O2S2. The molecule has 0 bridgehead atoms. The molecule has 1 aromatic carbocycles. The van der Waals surface area contributed by atoms with Gasteiger partial charge in [0.2, 0.25) is 0 Å². The van der Waals surface area contributed by atoms with Gasteiger partial charge in [-0.3, -0.25) is 4.90 Å². The SMILES string of the molecule is COc1ccc(CN2CN(C)CSC2=S)cc1OC. The zero-order chi connectivity index (χ0) is 13.8. The smallest absolute Gasteiger partial charge is 0.161 e. The van der Waals surface area contributed by atoms with E-state index in [4.69, 9.17) is 21.7 Å². The summed E-state index contributed by atoms with van der Waals surface area (Å²) in [6.07, 6.45) is 0. The van der Waals surface area contributed by atoms with Crippen LogP contribution in [0.25, 0.3) is 0 Å². The van der Waals surface area contributed by atoms with Gasteiger partial charge < -0.3 is 14.4 Å². The van der Waals surface area contributed by atoms with Crippen molar-refractivity contribution in [3.05, 3.63) is 23.8 Å². The van der Waals surface area contributed by atoms with E-state index in [1.165, 1.54) is 0 Å². The number of thioether (sulfide) groups is 1. The summed E-state index contributed by atoms with van der Waals surface area (Å²) in [5, 5.41) is 0. The molecule has 1 saturated heterocycles. The highest BCUT2D eigenvalue weighted by molar-refractivity contribution is 8.22. The maximum atomic E-state index is 5.40. The average molecular weight is 298 g/mol. The molecule has 1 fully saturated rings. The number of nitrogens with zero attached hydrogens (tertiary/aromatic N) is 2. The van der Waals surface area contributed by atoms with E-state index in [0.717, 1.165) is 40.5 Å². The Balaban J connectivity index is 2.12. The normalized spacial score (nSPS) is 16.6. The quantitative estimate of drug-likeness (QED) is 0.792. The first-order chi connectivity index (χ1) is 9.13. The highest BCUT2D eigenvalue weighted by atomic mass is 32.2. The molecule has 0 unspecified atom stereocenters. The summed E-state index contributed by atoms with van der Waals surface area (Å²) in [6.45, 7) is 1.65. The molecule has 0 atom stereocenters. The van der Waals surface area contributed by atoms with Crippen LogP contribution in [-0.4, -0.2) is 47.9 Å². The first kappa shape index (κ1) is 14.4. The molecule has 0 amide bonds. The lowest BCUT2D eigenvalue weighted by Gasteiger charge is -2.34. The molecule has 6 heteroatoms. The number of benzene rings is 1. The highest BCUT2D eigenvalue weighted by Gasteiger charge is 2.19. The Bertz CT molecular complexity index is 468. The zero-order valence-corrected chi connectivity index (χ0v) is 13.0. The van der Waals surface area contributed by atoms with Crippen LogP contribution in [0.4, 0.5) is 0 Å². The van der Waals surface area contributed by atoms with E-state index in [0.29, 0.717) is 0 Å². The molecule has 0 aliphatic carbocycles. The first-order valence-corrected chi connectivity index (χ1v) is 7.34. The van der Waals surface area contributed by atoms with Crippen LogP contribution < -0.4 is 9.47 Å². The Hall–Kier alpha value is -0.980. The van der Waals surface area contributed by atoms with Crippen molar-refractivity contribution >= 4 is 28.3 Å². The van der Waals surface area contributed by atoms with Gasteiger partial charge in [0.25, 0.3) is 0 Å². The third kappa shape index (κ3) is 3.52. The fourth-order valence-corrected chi connectivity index (χ4v) is 2.96. The van der Waals surface area contributed by atoms with Gasteiger partial charge in [0.15, 0.2) is 11.5 Å². The summed E-state index contributed by atoms with van der Waals surface area (Å²) in [4.78, 5) is 4.42. The second-order valence-corrected chi connectivity index (χ2v) is 6.00. The maximum Gasteiger partial charge on any atom is 0.161 e. The summed E-state index contributed by atoms with van der Waals surface area (Å²) in [5.74, 6) is 2.46. The number of ether oxygens (including phenoxy) is 2. The third-order valence-electron chi connectivity index (χ3n) is 2.90. The fourth-order valence-electron chi connectivity index (χ4n) is 1.96. The van der Waals surface area contributed by atoms with Crippen molar-refractivity contribution in [1.82, 2.24) is 9.80 Å². The Kier molecular flexibility index (Phi) is 4.90. The molecule has 1 aliphatic rings. The molecule has 0 N–H and O–H groups in total. The van der Waals surface area contributed by atoms with Crippen molar-refractivity contribution in [1.29, 1.82) is 0 Å². The minimum absolute atomic E-state index is 0.749. The van der Waals surface area contributed by atoms with Crippen molar-refractivity contribution in [3.8, 4) is 11.5 Å². The number of methoxy groups -OCH3 is 2. The molecule has 0 aromatic heterocycles. The zero-order valence-electron chi connectivity index (χ0n) is 11.4. The molecule has 0 saturated carbocycles. The van der Waals surface area contributed by atoms with Crippen molar-refractivity contribution in [2.24, 2.45) is 0 Å². The van der Waals surface area contributed by atoms with E-state index >= 15 is 0 Å². The Labute approximate surface area is 123 Å². The van der Waals surface area contributed by atoms with E-state index in [9.17, 15) is 0 Å². The summed E-state index contributed by atoms with van der Waals surface area (Å²) >= 11 is 7.09. The topological polar surface area (TPSA) is 24.9 Å². The lowest BCUT2D eigenvalue weighted by molar-refractivity contribution is 0.244. The van der Waals surface area contributed by atoms with Crippen molar-refractivity contribution in [2.75, 3.05) is 33.8 Å². The molecule has 104 valence electrons. The number of rotatable bonds is 4. The first-order valence-electron chi connectivity index (χ1n) is 5.95. The van der Waals surface area contributed by atoms with Crippen molar-refractivity contribution in [2.45, 2.75) is 6.54 Å². The second kappa shape index (κ2) is 6.45. The standard InChI is InChI=1S/C13H18N2O2S2/c1-14-8-15(13(18)19-9-14)7-10-4-5-11(16-2)12(6-10)17-3/h4-6H,7-9H2,1-3H3. The molecule has 1 aliphatic heterocycles. The predicted molar refractivity (Wildman–Crippen MR) is 82.8 cm³/mol. The van der Waals surface area contributed by atoms with Gasteiger partial charge in [-0.05, 0) is 24.7 Å². The second-order valence-electron chi connectivity index (χ2n) is 4.42. The van der Waals surface area contributed by atoms with Crippen LogP contribution in [-0.2, 0) is 6.54 Å². The largest absolute Gasteiger partial charge is 0.493 e. The monoisotopic (exact) mass is 298 g/mol. The van der Waals surface area contributed by atoms with Crippen molar-refractivity contribution in [3.63, 3.8) is 0 Å². The Morgan fingerprint density at radius 2 is 2.00 bits per heavy atom. The molecule has 0 radical (unpaired) electrons. The van der Waals surface area contributed by atoms with Gasteiger partial charge in [-0.25, -0.2) is 0 Å². The van der Waals surface area contributed by atoms with Crippen LogP contribution in [0.3, 0.4) is 0 Å². The van der Waals surface area contributed by atoms with Gasteiger partial charge in [0, 0.05) is 6.54 Å². The summed E-state index contributed by atoms with van der Waals surface area (Å²) in [6, 6.07) is 5.97. The summed E-state index contributed by atoms with van der Waals surface area (Å²) < 4.78 is 11.5. The van der Waals surface area contributed by atoms with Gasteiger partial charge in [0.05, 0.1) is 26.8 Å². The van der Waals surface area contributed by atoms with Gasteiger partial charge in [-0.15, -0.1) is 0 Å². The number of thiocarbonyl (C=S) groups is 1. The lowest BCUT2D eigenvalue weighted by atomic mass is 10.2.